The minimum Gasteiger partial charge on any atom is -0.438 e. The van der Waals surface area contributed by atoms with Crippen LogP contribution in [0.15, 0.2) is 67.0 Å². The van der Waals surface area contributed by atoms with Crippen molar-refractivity contribution in [2.45, 2.75) is 0 Å². The van der Waals surface area contributed by atoms with Crippen LogP contribution in [0.5, 0.6) is 11.6 Å². The first-order valence-electron chi connectivity index (χ1n) is 8.01. The average molecular weight is 349 g/mol. The summed E-state index contributed by atoms with van der Waals surface area (Å²) in [5, 5.41) is 4.76. The largest absolute Gasteiger partial charge is 0.438 e. The highest BCUT2D eigenvalue weighted by Crippen LogP contribution is 2.25. The molecule has 0 atom stereocenters. The predicted octanol–water partition coefficient (Wildman–Crippen LogP) is 3.22. The van der Waals surface area contributed by atoms with Crippen LogP contribution in [0, 0.1) is 0 Å². The molecule has 3 aromatic rings. The van der Waals surface area contributed by atoms with Gasteiger partial charge in [0.15, 0.2) is 0 Å². The van der Waals surface area contributed by atoms with Crippen LogP contribution in [0.25, 0.3) is 0 Å². The Morgan fingerprint density at radius 1 is 0.962 bits per heavy atom. The molecule has 3 rings (SSSR count). The topological polar surface area (TPSA) is 79.4 Å². The Kier molecular flexibility index (Phi) is 5.40. The molecule has 0 aliphatic rings. The van der Waals surface area contributed by atoms with Gasteiger partial charge in [0.25, 0.3) is 5.91 Å². The number of amides is 1. The fourth-order valence-electron chi connectivity index (χ4n) is 2.21. The van der Waals surface area contributed by atoms with E-state index in [1.165, 1.54) is 0 Å². The normalized spacial score (nSPS) is 10.4. The van der Waals surface area contributed by atoms with E-state index in [1.54, 1.807) is 55.8 Å². The van der Waals surface area contributed by atoms with E-state index >= 15 is 0 Å². The highest BCUT2D eigenvalue weighted by molar-refractivity contribution is 5.96. The summed E-state index contributed by atoms with van der Waals surface area (Å²) in [7, 11) is 3.48. The number of carbonyl (C=O) groups excluding carboxylic acids is 1. The van der Waals surface area contributed by atoms with Gasteiger partial charge in [-0.2, -0.15) is 0 Å². The second kappa shape index (κ2) is 8.09. The van der Waals surface area contributed by atoms with Gasteiger partial charge < -0.3 is 10.1 Å². The van der Waals surface area contributed by atoms with Crippen LogP contribution < -0.4 is 15.5 Å². The van der Waals surface area contributed by atoms with Crippen LogP contribution in [-0.2, 0) is 0 Å². The number of nitrogens with zero attached hydrogens (tertiary/aromatic N) is 3. The van der Waals surface area contributed by atoms with E-state index in [2.05, 4.69) is 20.7 Å². The molecular weight excluding hydrogens is 330 g/mol. The summed E-state index contributed by atoms with van der Waals surface area (Å²) in [4.78, 5) is 20.6. The SMILES string of the molecule is CN(C)NC(=O)c1cccnc1Oc1ccc(Nc2ccccn2)cc1. The number of hydrogen-bond donors (Lipinski definition) is 2. The van der Waals surface area contributed by atoms with Gasteiger partial charge >= 0.3 is 0 Å². The number of ether oxygens (including phenoxy) is 1. The Morgan fingerprint density at radius 3 is 2.42 bits per heavy atom. The molecule has 1 aromatic carbocycles. The van der Waals surface area contributed by atoms with Crippen LogP contribution in [0.4, 0.5) is 11.5 Å². The fourth-order valence-corrected chi connectivity index (χ4v) is 2.21. The zero-order chi connectivity index (χ0) is 18.4. The van der Waals surface area contributed by atoms with Crippen LogP contribution in [0.1, 0.15) is 10.4 Å². The molecule has 0 bridgehead atoms. The van der Waals surface area contributed by atoms with Crippen LogP contribution in [-0.4, -0.2) is 35.0 Å². The lowest BCUT2D eigenvalue weighted by atomic mass is 10.2. The molecule has 26 heavy (non-hydrogen) atoms. The third kappa shape index (κ3) is 4.55. The van der Waals surface area contributed by atoms with E-state index in [1.807, 2.05) is 30.3 Å². The van der Waals surface area contributed by atoms with Gasteiger partial charge in [-0.05, 0) is 48.5 Å². The summed E-state index contributed by atoms with van der Waals surface area (Å²) in [6.07, 6.45) is 3.31. The molecule has 7 nitrogen and oxygen atoms in total. The number of nitrogens with one attached hydrogen (secondary N) is 2. The molecule has 1 amide bonds. The van der Waals surface area contributed by atoms with Gasteiger partial charge in [0.1, 0.15) is 17.1 Å². The van der Waals surface area contributed by atoms with E-state index in [9.17, 15) is 4.79 Å². The first kappa shape index (κ1) is 17.4. The average Bonchev–Trinajstić information content (AvgIpc) is 2.64. The van der Waals surface area contributed by atoms with Crippen LogP contribution in [0.3, 0.4) is 0 Å². The molecule has 0 fully saturated rings. The third-order valence-corrected chi connectivity index (χ3v) is 3.35. The van der Waals surface area contributed by atoms with Crippen molar-refractivity contribution in [1.82, 2.24) is 20.4 Å². The number of aromatic nitrogens is 2. The monoisotopic (exact) mass is 349 g/mol. The Bertz CT molecular complexity index is 867. The second-order valence-corrected chi connectivity index (χ2v) is 5.66. The number of pyridine rings is 2. The molecule has 0 saturated carbocycles. The van der Waals surface area contributed by atoms with Gasteiger partial charge in [0.2, 0.25) is 5.88 Å². The molecular formula is C19H19N5O2. The fraction of sp³-hybridized carbons (Fsp3) is 0.105. The van der Waals surface area contributed by atoms with E-state index in [0.29, 0.717) is 11.3 Å². The molecule has 7 heteroatoms. The number of anilines is 2. The summed E-state index contributed by atoms with van der Waals surface area (Å²) >= 11 is 0. The maximum absolute atomic E-state index is 12.2. The van der Waals surface area contributed by atoms with Gasteiger partial charge in [-0.25, -0.2) is 15.0 Å². The summed E-state index contributed by atoms with van der Waals surface area (Å²) in [5.41, 5.74) is 3.91. The van der Waals surface area contributed by atoms with Gasteiger partial charge in [0, 0.05) is 32.2 Å². The molecule has 0 radical (unpaired) electrons. The minimum absolute atomic E-state index is 0.247. The summed E-state index contributed by atoms with van der Waals surface area (Å²) in [6.45, 7) is 0. The van der Waals surface area contributed by atoms with Gasteiger partial charge in [-0.1, -0.05) is 6.07 Å². The van der Waals surface area contributed by atoms with Gasteiger partial charge in [0.05, 0.1) is 0 Å². The van der Waals surface area contributed by atoms with E-state index < -0.39 is 0 Å². The molecule has 0 saturated heterocycles. The van der Waals surface area contributed by atoms with Crippen molar-refractivity contribution in [2.75, 3.05) is 19.4 Å². The summed E-state index contributed by atoms with van der Waals surface area (Å²) in [6, 6.07) is 16.3. The highest BCUT2D eigenvalue weighted by atomic mass is 16.5. The lowest BCUT2D eigenvalue weighted by Gasteiger charge is -2.14. The Labute approximate surface area is 151 Å². The maximum Gasteiger partial charge on any atom is 0.271 e. The summed E-state index contributed by atoms with van der Waals surface area (Å²) in [5.74, 6) is 1.30. The Hall–Kier alpha value is -3.45. The standard InChI is InChI=1S/C19H19N5O2/c1-24(2)23-18(25)16-6-5-13-21-19(16)26-15-10-8-14(9-11-15)22-17-7-3-4-12-20-17/h3-13H,1-2H3,(H,20,22)(H,23,25). The zero-order valence-electron chi connectivity index (χ0n) is 14.5. The van der Waals surface area contributed by atoms with Crippen molar-refractivity contribution < 1.29 is 9.53 Å². The first-order chi connectivity index (χ1) is 12.6. The lowest BCUT2D eigenvalue weighted by Crippen LogP contribution is -2.36. The van der Waals surface area contributed by atoms with Crippen molar-refractivity contribution in [2.24, 2.45) is 0 Å². The Balaban J connectivity index is 1.72. The van der Waals surface area contributed by atoms with Crippen molar-refractivity contribution in [3.63, 3.8) is 0 Å². The van der Waals surface area contributed by atoms with Gasteiger partial charge in [-0.15, -0.1) is 0 Å². The molecule has 2 aromatic heterocycles. The molecule has 0 aliphatic heterocycles. The number of benzene rings is 1. The molecule has 0 aliphatic carbocycles. The highest BCUT2D eigenvalue weighted by Gasteiger charge is 2.14. The zero-order valence-corrected chi connectivity index (χ0v) is 14.5. The molecule has 2 heterocycles. The lowest BCUT2D eigenvalue weighted by molar-refractivity contribution is 0.0854. The Morgan fingerprint density at radius 2 is 1.73 bits per heavy atom. The quantitative estimate of drug-likeness (QED) is 0.665. The second-order valence-electron chi connectivity index (χ2n) is 5.66. The van der Waals surface area contributed by atoms with E-state index in [4.69, 9.17) is 4.74 Å². The number of rotatable bonds is 6. The maximum atomic E-state index is 12.2. The molecule has 132 valence electrons. The van der Waals surface area contributed by atoms with Crippen LogP contribution in [0.2, 0.25) is 0 Å². The first-order valence-corrected chi connectivity index (χ1v) is 8.01. The molecule has 0 spiro atoms. The number of hydrogen-bond acceptors (Lipinski definition) is 6. The van der Waals surface area contributed by atoms with Crippen LogP contribution >= 0.6 is 0 Å². The van der Waals surface area contributed by atoms with Crippen molar-refractivity contribution in [3.8, 4) is 11.6 Å². The number of hydrazine groups is 1. The van der Waals surface area contributed by atoms with Gasteiger partial charge in [-0.3, -0.25) is 10.2 Å². The van der Waals surface area contributed by atoms with Crippen molar-refractivity contribution >= 4 is 17.4 Å². The minimum atomic E-state index is -0.286. The third-order valence-electron chi connectivity index (χ3n) is 3.35. The summed E-state index contributed by atoms with van der Waals surface area (Å²) < 4.78 is 5.78. The van der Waals surface area contributed by atoms with E-state index in [0.717, 1.165) is 11.5 Å². The predicted molar refractivity (Wildman–Crippen MR) is 99.4 cm³/mol. The molecule has 2 N–H and O–H groups in total. The number of carbonyl (C=O) groups is 1. The van der Waals surface area contributed by atoms with Crippen molar-refractivity contribution in [1.29, 1.82) is 0 Å². The molecule has 0 unspecified atom stereocenters. The smallest absolute Gasteiger partial charge is 0.271 e. The van der Waals surface area contributed by atoms with E-state index in [-0.39, 0.29) is 11.8 Å². The van der Waals surface area contributed by atoms with Crippen molar-refractivity contribution in [3.05, 3.63) is 72.6 Å².